The van der Waals surface area contributed by atoms with E-state index in [0.717, 1.165) is 0 Å². The summed E-state index contributed by atoms with van der Waals surface area (Å²) >= 11 is 1.52. The maximum Gasteiger partial charge on any atom is 0.326 e. The van der Waals surface area contributed by atoms with Crippen LogP contribution >= 0.6 is 11.8 Å². The molecule has 0 fully saturated rings. The zero-order valence-corrected chi connectivity index (χ0v) is 16.4. The molecule has 3 amide bonds. The number of carbonyl (C=O) groups excluding carboxylic acids is 3. The van der Waals surface area contributed by atoms with E-state index in [4.69, 9.17) is 11.5 Å². The minimum atomic E-state index is -1.30. The molecule has 1 rings (SSSR count). The fourth-order valence-electron chi connectivity index (χ4n) is 2.39. The van der Waals surface area contributed by atoms with Gasteiger partial charge < -0.3 is 27.2 Å². The average Bonchev–Trinajstić information content (AvgIpc) is 2.65. The van der Waals surface area contributed by atoms with Crippen LogP contribution in [0.1, 0.15) is 18.4 Å². The van der Waals surface area contributed by atoms with E-state index in [0.29, 0.717) is 17.7 Å². The summed E-state index contributed by atoms with van der Waals surface area (Å²) in [6, 6.07) is 5.37. The molecular weight excluding hydrogens is 384 g/mol. The van der Waals surface area contributed by atoms with Crippen molar-refractivity contribution in [1.29, 1.82) is 0 Å². The fraction of sp³-hybridized carbons (Fsp3) is 0.444. The molecule has 1 aromatic rings. The number of primary amides is 1. The van der Waals surface area contributed by atoms with Crippen molar-refractivity contribution in [2.24, 2.45) is 11.5 Å². The molecule has 0 bridgehead atoms. The average molecular weight is 410 g/mol. The number of amides is 3. The molecule has 1 aromatic carbocycles. The molecule has 0 aliphatic rings. The van der Waals surface area contributed by atoms with E-state index >= 15 is 0 Å². The molecular formula is C18H26N4O5S. The van der Waals surface area contributed by atoms with Crippen molar-refractivity contribution >= 4 is 35.5 Å². The lowest BCUT2D eigenvalue weighted by molar-refractivity contribution is -0.142. The first-order valence-electron chi connectivity index (χ1n) is 8.64. The van der Waals surface area contributed by atoms with Crippen LogP contribution in [0.2, 0.25) is 0 Å². The van der Waals surface area contributed by atoms with E-state index < -0.39 is 48.2 Å². The lowest BCUT2D eigenvalue weighted by atomic mass is 10.0. The van der Waals surface area contributed by atoms with Gasteiger partial charge in [-0.25, -0.2) is 4.79 Å². The number of hydrogen-bond donors (Lipinski definition) is 5. The van der Waals surface area contributed by atoms with Crippen LogP contribution in [0.4, 0.5) is 0 Å². The van der Waals surface area contributed by atoms with Crippen molar-refractivity contribution in [2.45, 2.75) is 37.4 Å². The summed E-state index contributed by atoms with van der Waals surface area (Å²) in [7, 11) is 0. The molecule has 7 N–H and O–H groups in total. The number of rotatable bonds is 12. The van der Waals surface area contributed by atoms with Crippen molar-refractivity contribution in [3.05, 3.63) is 35.9 Å². The third kappa shape index (κ3) is 8.40. The molecule has 0 aliphatic heterocycles. The molecule has 0 spiro atoms. The lowest BCUT2D eigenvalue weighted by Crippen LogP contribution is -2.55. The number of thioether (sulfide) groups is 1. The lowest BCUT2D eigenvalue weighted by Gasteiger charge is -2.22. The van der Waals surface area contributed by atoms with E-state index in [1.807, 2.05) is 6.26 Å². The monoisotopic (exact) mass is 410 g/mol. The molecule has 0 unspecified atom stereocenters. The van der Waals surface area contributed by atoms with E-state index in [2.05, 4.69) is 10.6 Å². The van der Waals surface area contributed by atoms with Crippen LogP contribution in [0.5, 0.6) is 0 Å². The summed E-state index contributed by atoms with van der Waals surface area (Å²) < 4.78 is 0. The highest BCUT2D eigenvalue weighted by Gasteiger charge is 2.29. The number of carboxylic acids is 1. The van der Waals surface area contributed by atoms with Gasteiger partial charge in [0.2, 0.25) is 17.7 Å². The predicted octanol–water partition coefficient (Wildman–Crippen LogP) is -0.761. The number of carbonyl (C=O) groups is 4. The second-order valence-electron chi connectivity index (χ2n) is 6.21. The third-order valence-corrected chi connectivity index (χ3v) is 4.55. The highest BCUT2D eigenvalue weighted by molar-refractivity contribution is 7.98. The first-order valence-corrected chi connectivity index (χ1v) is 10.0. The number of nitrogens with one attached hydrogen (secondary N) is 2. The number of aliphatic carboxylic acids is 1. The smallest absolute Gasteiger partial charge is 0.326 e. The van der Waals surface area contributed by atoms with Gasteiger partial charge in [-0.1, -0.05) is 30.3 Å². The predicted molar refractivity (Wildman–Crippen MR) is 106 cm³/mol. The van der Waals surface area contributed by atoms with Gasteiger partial charge in [0, 0.05) is 6.42 Å². The number of benzene rings is 1. The first kappa shape index (κ1) is 23.4. The van der Waals surface area contributed by atoms with Gasteiger partial charge in [0.15, 0.2) is 0 Å². The van der Waals surface area contributed by atoms with Crippen LogP contribution in [0.25, 0.3) is 0 Å². The molecule has 3 atom stereocenters. The maximum atomic E-state index is 12.5. The van der Waals surface area contributed by atoms with Crippen LogP contribution in [-0.4, -0.2) is 58.9 Å². The second kappa shape index (κ2) is 12.0. The summed E-state index contributed by atoms with van der Waals surface area (Å²) in [6.45, 7) is 0. The Morgan fingerprint density at radius 1 is 1.07 bits per heavy atom. The van der Waals surface area contributed by atoms with Crippen molar-refractivity contribution < 1.29 is 24.3 Å². The largest absolute Gasteiger partial charge is 0.480 e. The summed E-state index contributed by atoms with van der Waals surface area (Å²) in [5.41, 5.74) is 11.6. The molecule has 0 heterocycles. The Labute approximate surface area is 167 Å². The minimum Gasteiger partial charge on any atom is -0.480 e. The van der Waals surface area contributed by atoms with Crippen molar-refractivity contribution in [2.75, 3.05) is 12.0 Å². The zero-order valence-electron chi connectivity index (χ0n) is 15.6. The molecule has 9 nitrogen and oxygen atoms in total. The van der Waals surface area contributed by atoms with Gasteiger partial charge in [-0.2, -0.15) is 11.8 Å². The Bertz CT molecular complexity index is 686. The van der Waals surface area contributed by atoms with Crippen LogP contribution < -0.4 is 22.1 Å². The zero-order chi connectivity index (χ0) is 21.1. The van der Waals surface area contributed by atoms with Crippen molar-refractivity contribution in [3.8, 4) is 0 Å². The number of hydrogen-bond acceptors (Lipinski definition) is 6. The number of nitrogens with two attached hydrogens (primary N) is 2. The summed E-state index contributed by atoms with van der Waals surface area (Å²) in [5, 5.41) is 14.1. The molecule has 154 valence electrons. The quantitative estimate of drug-likeness (QED) is 0.302. The van der Waals surface area contributed by atoms with Gasteiger partial charge in [-0.3, -0.25) is 14.4 Å². The Hall–Kier alpha value is -2.59. The molecule has 0 saturated carbocycles. The molecule has 10 heteroatoms. The Kier molecular flexibility index (Phi) is 10.0. The SMILES string of the molecule is CSCC[C@H](N)C(=O)N[C@@H](CC(N)=O)C(=O)N[C@@H](Cc1ccccc1)C(=O)O. The van der Waals surface area contributed by atoms with E-state index in [9.17, 15) is 24.3 Å². The van der Waals surface area contributed by atoms with Gasteiger partial charge in [0.25, 0.3) is 0 Å². The summed E-state index contributed by atoms with van der Waals surface area (Å²) in [4.78, 5) is 47.5. The van der Waals surface area contributed by atoms with Crippen LogP contribution in [0.3, 0.4) is 0 Å². The van der Waals surface area contributed by atoms with Gasteiger partial charge in [-0.05, 0) is 24.0 Å². The van der Waals surface area contributed by atoms with Crippen LogP contribution in [0.15, 0.2) is 30.3 Å². The van der Waals surface area contributed by atoms with Gasteiger partial charge in [0.05, 0.1) is 12.5 Å². The number of carboxylic acid groups (broad SMARTS) is 1. The summed E-state index contributed by atoms with van der Waals surface area (Å²) in [6.07, 6.45) is 1.84. The Balaban J connectivity index is 2.82. The molecule has 0 saturated heterocycles. The minimum absolute atomic E-state index is 0.0480. The molecule has 0 radical (unpaired) electrons. The van der Waals surface area contributed by atoms with Crippen LogP contribution in [0, 0.1) is 0 Å². The highest BCUT2D eigenvalue weighted by atomic mass is 32.2. The van der Waals surface area contributed by atoms with E-state index in [1.54, 1.807) is 30.3 Å². The van der Waals surface area contributed by atoms with Crippen molar-refractivity contribution in [1.82, 2.24) is 10.6 Å². The molecule has 0 aromatic heterocycles. The highest BCUT2D eigenvalue weighted by Crippen LogP contribution is 2.05. The first-order chi connectivity index (χ1) is 13.2. The molecule has 0 aliphatic carbocycles. The Morgan fingerprint density at radius 3 is 2.21 bits per heavy atom. The Morgan fingerprint density at radius 2 is 1.68 bits per heavy atom. The normalized spacial score (nSPS) is 13.8. The van der Waals surface area contributed by atoms with Gasteiger partial charge >= 0.3 is 5.97 Å². The van der Waals surface area contributed by atoms with Gasteiger partial charge in [0.1, 0.15) is 12.1 Å². The topological polar surface area (TPSA) is 165 Å². The fourth-order valence-corrected chi connectivity index (χ4v) is 2.88. The third-order valence-electron chi connectivity index (χ3n) is 3.91. The van der Waals surface area contributed by atoms with E-state index in [1.165, 1.54) is 11.8 Å². The van der Waals surface area contributed by atoms with Crippen molar-refractivity contribution in [3.63, 3.8) is 0 Å². The van der Waals surface area contributed by atoms with Crippen LogP contribution in [-0.2, 0) is 25.6 Å². The van der Waals surface area contributed by atoms with E-state index in [-0.39, 0.29) is 6.42 Å². The van der Waals surface area contributed by atoms with Gasteiger partial charge in [-0.15, -0.1) is 0 Å². The molecule has 28 heavy (non-hydrogen) atoms. The summed E-state index contributed by atoms with van der Waals surface area (Å²) in [5.74, 6) is -2.82. The maximum absolute atomic E-state index is 12.5. The second-order valence-corrected chi connectivity index (χ2v) is 7.19. The standard InChI is InChI=1S/C18H26N4O5S/c1-28-8-7-12(19)16(24)21-13(10-15(20)23)17(25)22-14(18(26)27)9-11-5-3-2-4-6-11/h2-6,12-14H,7-10,19H2,1H3,(H2,20,23)(H,21,24)(H,22,25)(H,26,27)/t12-,13-,14-/m0/s1.